The van der Waals surface area contributed by atoms with Crippen LogP contribution in [0.3, 0.4) is 0 Å². The summed E-state index contributed by atoms with van der Waals surface area (Å²) < 4.78 is 0. The quantitative estimate of drug-likeness (QED) is 0.908. The fraction of sp³-hybridized carbons (Fsp3) is 0.611. The van der Waals surface area contributed by atoms with Gasteiger partial charge in [-0.3, -0.25) is 4.79 Å². The van der Waals surface area contributed by atoms with Crippen LogP contribution in [0, 0.1) is 18.8 Å². The molecule has 1 aliphatic carbocycles. The first-order chi connectivity index (χ1) is 10.2. The van der Waals surface area contributed by atoms with Crippen LogP contribution in [0.2, 0.25) is 0 Å². The molecule has 3 heteroatoms. The van der Waals surface area contributed by atoms with Crippen LogP contribution < -0.4 is 10.6 Å². The molecule has 3 nitrogen and oxygen atoms in total. The van der Waals surface area contributed by atoms with E-state index in [0.717, 1.165) is 32.2 Å². The fourth-order valence-electron chi connectivity index (χ4n) is 4.08. The number of nitrogens with zero attached hydrogens (tertiary/aromatic N) is 1. The third kappa shape index (κ3) is 2.71. The van der Waals surface area contributed by atoms with E-state index in [0.29, 0.717) is 18.4 Å². The van der Waals surface area contributed by atoms with Gasteiger partial charge in [-0.15, -0.1) is 0 Å². The van der Waals surface area contributed by atoms with E-state index in [-0.39, 0.29) is 5.92 Å². The molecule has 2 unspecified atom stereocenters. The molecule has 1 aromatic rings. The minimum absolute atomic E-state index is 0.134. The highest BCUT2D eigenvalue weighted by molar-refractivity contribution is 5.97. The van der Waals surface area contributed by atoms with E-state index in [9.17, 15) is 4.79 Å². The smallest absolute Gasteiger partial charge is 0.230 e. The lowest BCUT2D eigenvalue weighted by molar-refractivity contribution is -0.125. The van der Waals surface area contributed by atoms with Gasteiger partial charge in [0.1, 0.15) is 0 Å². The van der Waals surface area contributed by atoms with Crippen LogP contribution in [-0.4, -0.2) is 19.0 Å². The summed E-state index contributed by atoms with van der Waals surface area (Å²) in [7, 11) is 0. The molecule has 1 amide bonds. The van der Waals surface area contributed by atoms with Gasteiger partial charge in [0.2, 0.25) is 5.91 Å². The summed E-state index contributed by atoms with van der Waals surface area (Å²) in [4.78, 5) is 15.2. The van der Waals surface area contributed by atoms with Crippen molar-refractivity contribution in [1.29, 1.82) is 0 Å². The van der Waals surface area contributed by atoms with Gasteiger partial charge >= 0.3 is 0 Å². The van der Waals surface area contributed by atoms with Crippen LogP contribution in [0.25, 0.3) is 0 Å². The van der Waals surface area contributed by atoms with Crippen molar-refractivity contribution in [3.05, 3.63) is 29.3 Å². The Morgan fingerprint density at radius 3 is 2.90 bits per heavy atom. The van der Waals surface area contributed by atoms with Gasteiger partial charge in [-0.1, -0.05) is 31.0 Å². The van der Waals surface area contributed by atoms with Crippen molar-refractivity contribution in [3.8, 4) is 0 Å². The molecule has 114 valence electrons. The standard InChI is InChI=1S/C18H26N2O/c1-13-6-4-8-14-9-5-11-20(17(13)14)18(21)16-10-3-2-7-15(16)12-19/h4,6,8,15-16H,2-3,5,7,9-12,19H2,1H3. The van der Waals surface area contributed by atoms with Crippen molar-refractivity contribution < 1.29 is 4.79 Å². The zero-order valence-electron chi connectivity index (χ0n) is 13.0. The highest BCUT2D eigenvalue weighted by Crippen LogP contribution is 2.36. The molecule has 1 saturated carbocycles. The van der Waals surface area contributed by atoms with E-state index in [4.69, 9.17) is 5.73 Å². The minimum atomic E-state index is 0.134. The number of hydrogen-bond acceptors (Lipinski definition) is 2. The molecule has 1 aromatic carbocycles. The van der Waals surface area contributed by atoms with Crippen molar-refractivity contribution in [2.75, 3.05) is 18.0 Å². The molecule has 2 atom stereocenters. The highest BCUT2D eigenvalue weighted by Gasteiger charge is 2.35. The molecular formula is C18H26N2O. The van der Waals surface area contributed by atoms with Crippen molar-refractivity contribution in [3.63, 3.8) is 0 Å². The summed E-state index contributed by atoms with van der Waals surface area (Å²) in [5.41, 5.74) is 9.64. The second kappa shape index (κ2) is 6.18. The van der Waals surface area contributed by atoms with Gasteiger partial charge < -0.3 is 10.6 Å². The van der Waals surface area contributed by atoms with Gasteiger partial charge in [-0.25, -0.2) is 0 Å². The normalized spacial score (nSPS) is 25.5. The fourth-order valence-corrected chi connectivity index (χ4v) is 4.08. The van der Waals surface area contributed by atoms with E-state index >= 15 is 0 Å². The summed E-state index contributed by atoms with van der Waals surface area (Å²) >= 11 is 0. The predicted molar refractivity (Wildman–Crippen MR) is 86.4 cm³/mol. The van der Waals surface area contributed by atoms with E-state index in [1.807, 2.05) is 0 Å². The summed E-state index contributed by atoms with van der Waals surface area (Å²) in [6.07, 6.45) is 6.68. The van der Waals surface area contributed by atoms with E-state index < -0.39 is 0 Å². The van der Waals surface area contributed by atoms with E-state index in [1.54, 1.807) is 0 Å². The Kier molecular flexibility index (Phi) is 4.29. The van der Waals surface area contributed by atoms with E-state index in [1.165, 1.54) is 29.7 Å². The maximum atomic E-state index is 13.1. The van der Waals surface area contributed by atoms with Gasteiger partial charge in [0.15, 0.2) is 0 Å². The van der Waals surface area contributed by atoms with Crippen molar-refractivity contribution in [2.45, 2.75) is 45.4 Å². The van der Waals surface area contributed by atoms with Crippen LogP contribution in [0.5, 0.6) is 0 Å². The number of carbonyl (C=O) groups excluding carboxylic acids is 1. The summed E-state index contributed by atoms with van der Waals surface area (Å²) in [6, 6.07) is 6.39. The minimum Gasteiger partial charge on any atom is -0.330 e. The molecule has 21 heavy (non-hydrogen) atoms. The summed E-state index contributed by atoms with van der Waals surface area (Å²) in [6.45, 7) is 3.63. The molecular weight excluding hydrogens is 260 g/mol. The van der Waals surface area contributed by atoms with Gasteiger partial charge in [-0.2, -0.15) is 0 Å². The van der Waals surface area contributed by atoms with E-state index in [2.05, 4.69) is 30.0 Å². The van der Waals surface area contributed by atoms with Crippen LogP contribution in [0.1, 0.15) is 43.2 Å². The molecule has 2 aliphatic rings. The Bertz CT molecular complexity index is 526. The Hall–Kier alpha value is -1.35. The SMILES string of the molecule is Cc1cccc2c1N(C(=O)C1CCCCC1CN)CCC2. The van der Waals surface area contributed by atoms with Crippen molar-refractivity contribution in [1.82, 2.24) is 0 Å². The zero-order valence-corrected chi connectivity index (χ0v) is 13.0. The molecule has 0 saturated heterocycles. The third-order valence-electron chi connectivity index (χ3n) is 5.21. The third-order valence-corrected chi connectivity index (χ3v) is 5.21. The summed E-state index contributed by atoms with van der Waals surface area (Å²) in [5.74, 6) is 0.829. The molecule has 0 aromatic heterocycles. The molecule has 1 fully saturated rings. The van der Waals surface area contributed by atoms with Crippen LogP contribution in [-0.2, 0) is 11.2 Å². The number of fused-ring (bicyclic) bond motifs is 1. The number of rotatable bonds is 2. The lowest BCUT2D eigenvalue weighted by Gasteiger charge is -2.37. The first-order valence-electron chi connectivity index (χ1n) is 8.32. The maximum Gasteiger partial charge on any atom is 0.230 e. The number of aryl methyl sites for hydroxylation is 2. The molecule has 0 spiro atoms. The monoisotopic (exact) mass is 286 g/mol. The average molecular weight is 286 g/mol. The Morgan fingerprint density at radius 1 is 1.29 bits per heavy atom. The average Bonchev–Trinajstić information content (AvgIpc) is 2.54. The molecule has 0 radical (unpaired) electrons. The highest BCUT2D eigenvalue weighted by atomic mass is 16.2. The number of hydrogen-bond donors (Lipinski definition) is 1. The second-order valence-corrected chi connectivity index (χ2v) is 6.56. The number of anilines is 1. The molecule has 1 aliphatic heterocycles. The first kappa shape index (κ1) is 14.6. The Balaban J connectivity index is 1.89. The van der Waals surface area contributed by atoms with Crippen LogP contribution in [0.15, 0.2) is 18.2 Å². The van der Waals surface area contributed by atoms with Gasteiger partial charge in [0, 0.05) is 18.2 Å². The molecule has 0 bridgehead atoms. The van der Waals surface area contributed by atoms with Gasteiger partial charge in [-0.05, 0) is 56.2 Å². The van der Waals surface area contributed by atoms with Crippen LogP contribution in [0.4, 0.5) is 5.69 Å². The molecule has 1 heterocycles. The number of carbonyl (C=O) groups is 1. The van der Waals surface area contributed by atoms with Crippen LogP contribution >= 0.6 is 0 Å². The maximum absolute atomic E-state index is 13.1. The Labute approximate surface area is 127 Å². The number of amides is 1. The zero-order chi connectivity index (χ0) is 14.8. The van der Waals surface area contributed by atoms with Gasteiger partial charge in [0.05, 0.1) is 0 Å². The molecule has 2 N–H and O–H groups in total. The lowest BCUT2D eigenvalue weighted by atomic mass is 9.78. The summed E-state index contributed by atoms with van der Waals surface area (Å²) in [5, 5.41) is 0. The lowest BCUT2D eigenvalue weighted by Crippen LogP contribution is -2.44. The predicted octanol–water partition coefficient (Wildman–Crippen LogP) is 3.04. The largest absolute Gasteiger partial charge is 0.330 e. The van der Waals surface area contributed by atoms with Crippen molar-refractivity contribution >= 4 is 11.6 Å². The second-order valence-electron chi connectivity index (χ2n) is 6.56. The van der Waals surface area contributed by atoms with Gasteiger partial charge in [0.25, 0.3) is 0 Å². The topological polar surface area (TPSA) is 46.3 Å². The van der Waals surface area contributed by atoms with Crippen molar-refractivity contribution in [2.24, 2.45) is 17.6 Å². The number of para-hydroxylation sites is 1. The molecule has 3 rings (SSSR count). The number of benzene rings is 1. The Morgan fingerprint density at radius 2 is 2.10 bits per heavy atom. The first-order valence-corrected chi connectivity index (χ1v) is 8.32. The number of nitrogens with two attached hydrogens (primary N) is 1.